The number of aromatic carboxylic acids is 1. The minimum atomic E-state index is -0.945. The first-order valence-electron chi connectivity index (χ1n) is 15.6. The third kappa shape index (κ3) is 22.0. The van der Waals surface area contributed by atoms with Gasteiger partial charge >= 0.3 is 5.97 Å². The predicted octanol–water partition coefficient (Wildman–Crippen LogP) is 12.7. The predicted molar refractivity (Wildman–Crippen MR) is 183 cm³/mol. The van der Waals surface area contributed by atoms with Crippen LogP contribution in [0.5, 0.6) is 0 Å². The molecule has 2 aromatic rings. The summed E-state index contributed by atoms with van der Waals surface area (Å²) in [5.41, 5.74) is 5.85. The SMILES string of the molecule is C/C=C(\C)CCCC.C=C(C)c1cc(C(=O)O)ccn1.CCCC.CCCC(CCC(C)C)c1cc(C)cc(Cl)c1. The molecule has 1 aromatic carbocycles. The van der Waals surface area contributed by atoms with Crippen LogP contribution in [0.1, 0.15) is 153 Å². The lowest BCUT2D eigenvalue weighted by Gasteiger charge is -2.18. The highest BCUT2D eigenvalue weighted by atomic mass is 35.5. The average molecular weight is 586 g/mol. The second kappa shape index (κ2) is 25.3. The van der Waals surface area contributed by atoms with Crippen LogP contribution in [0.3, 0.4) is 0 Å². The molecule has 4 heteroatoms. The van der Waals surface area contributed by atoms with Crippen LogP contribution in [0.15, 0.2) is 54.8 Å². The summed E-state index contributed by atoms with van der Waals surface area (Å²) in [6.07, 6.45) is 15.3. The Morgan fingerprint density at radius 2 is 1.61 bits per heavy atom. The standard InChI is InChI=1S/C16H25Cl.C9H9NO2.C8H16.C4H10/c1-5-6-14(8-7-12(2)3)15-9-13(4)10-16(17)11-15;1-6(2)8-5-7(9(11)12)3-4-10-8;1-4-6-7-8(3)5-2;1-3-4-2/h9-12,14H,5-8H2,1-4H3;3-5H,1H2,2H3,(H,11,12);5H,4,6-7H2,1-3H3;3-4H2,1-2H3/b;;8-5+;. The zero-order valence-corrected chi connectivity index (χ0v) is 28.7. The Morgan fingerprint density at radius 1 is 0.976 bits per heavy atom. The van der Waals surface area contributed by atoms with Gasteiger partial charge in [-0.1, -0.05) is 110 Å². The molecular weight excluding hydrogens is 526 g/mol. The maximum Gasteiger partial charge on any atom is 0.335 e. The highest BCUT2D eigenvalue weighted by molar-refractivity contribution is 6.30. The van der Waals surface area contributed by atoms with Crippen molar-refractivity contribution in [3.05, 3.63) is 82.2 Å². The van der Waals surface area contributed by atoms with Crippen molar-refractivity contribution >= 4 is 23.1 Å². The number of carboxylic acid groups (broad SMARTS) is 1. The van der Waals surface area contributed by atoms with Crippen molar-refractivity contribution in [1.82, 2.24) is 4.98 Å². The van der Waals surface area contributed by atoms with E-state index in [9.17, 15) is 4.79 Å². The van der Waals surface area contributed by atoms with Gasteiger partial charge in [0.05, 0.1) is 11.3 Å². The van der Waals surface area contributed by atoms with Crippen molar-refractivity contribution in [3.8, 4) is 0 Å². The van der Waals surface area contributed by atoms with E-state index in [2.05, 4.69) is 92.1 Å². The van der Waals surface area contributed by atoms with Crippen LogP contribution >= 0.6 is 11.6 Å². The number of carbonyl (C=O) groups is 1. The van der Waals surface area contributed by atoms with Crippen molar-refractivity contribution in [2.75, 3.05) is 0 Å². The number of rotatable bonds is 12. The fourth-order valence-electron chi connectivity index (χ4n) is 3.76. The monoisotopic (exact) mass is 585 g/mol. The van der Waals surface area contributed by atoms with Crippen LogP contribution in [-0.2, 0) is 0 Å². The van der Waals surface area contributed by atoms with Gasteiger partial charge in [-0.05, 0) is 106 Å². The van der Waals surface area contributed by atoms with Gasteiger partial charge in [0.25, 0.3) is 0 Å². The molecule has 1 N–H and O–H groups in total. The summed E-state index contributed by atoms with van der Waals surface area (Å²) in [5.74, 6) is 0.523. The second-order valence-corrected chi connectivity index (χ2v) is 11.7. The quantitative estimate of drug-likeness (QED) is 0.252. The number of benzene rings is 1. The van der Waals surface area contributed by atoms with Crippen molar-refractivity contribution in [3.63, 3.8) is 0 Å². The van der Waals surface area contributed by atoms with Crippen molar-refractivity contribution < 1.29 is 9.90 Å². The van der Waals surface area contributed by atoms with E-state index < -0.39 is 5.97 Å². The Balaban J connectivity index is 0. The molecule has 0 saturated carbocycles. The molecule has 3 nitrogen and oxygen atoms in total. The Hall–Kier alpha value is -2.39. The van der Waals surface area contributed by atoms with E-state index in [0.29, 0.717) is 11.6 Å². The van der Waals surface area contributed by atoms with Crippen LogP contribution in [0.4, 0.5) is 0 Å². The summed E-state index contributed by atoms with van der Waals surface area (Å²) in [5, 5.41) is 9.51. The van der Waals surface area contributed by atoms with Crippen LogP contribution < -0.4 is 0 Å². The fourth-order valence-corrected chi connectivity index (χ4v) is 4.06. The number of carboxylic acids is 1. The van der Waals surface area contributed by atoms with E-state index in [-0.39, 0.29) is 5.56 Å². The van der Waals surface area contributed by atoms with Crippen molar-refractivity contribution in [2.45, 2.75) is 133 Å². The Morgan fingerprint density at radius 3 is 2.05 bits per heavy atom. The van der Waals surface area contributed by atoms with Gasteiger partial charge in [-0.15, -0.1) is 0 Å². The number of aryl methyl sites for hydroxylation is 1. The van der Waals surface area contributed by atoms with Crippen molar-refractivity contribution in [1.29, 1.82) is 0 Å². The maximum atomic E-state index is 10.5. The molecule has 0 fully saturated rings. The van der Waals surface area contributed by atoms with E-state index >= 15 is 0 Å². The first-order chi connectivity index (χ1) is 19.4. The molecule has 0 aliphatic carbocycles. The first-order valence-corrected chi connectivity index (χ1v) is 16.0. The third-order valence-corrected chi connectivity index (χ3v) is 6.85. The van der Waals surface area contributed by atoms with Crippen LogP contribution in [0.25, 0.3) is 5.57 Å². The Labute approximate surface area is 258 Å². The maximum absolute atomic E-state index is 10.5. The van der Waals surface area contributed by atoms with Gasteiger partial charge in [-0.2, -0.15) is 0 Å². The molecule has 0 amide bonds. The van der Waals surface area contributed by atoms with Crippen LogP contribution in [-0.4, -0.2) is 16.1 Å². The lowest BCUT2D eigenvalue weighted by Crippen LogP contribution is -2.01. The summed E-state index contributed by atoms with van der Waals surface area (Å²) in [6.45, 7) is 25.3. The molecule has 0 spiro atoms. The van der Waals surface area contributed by atoms with Crippen LogP contribution in [0, 0.1) is 12.8 Å². The molecule has 0 bridgehead atoms. The molecular formula is C37H60ClNO2. The van der Waals surface area contributed by atoms with Gasteiger partial charge < -0.3 is 5.11 Å². The van der Waals surface area contributed by atoms with E-state index in [0.717, 1.165) is 16.5 Å². The number of aromatic nitrogens is 1. The summed E-state index contributed by atoms with van der Waals surface area (Å²) in [7, 11) is 0. The van der Waals surface area contributed by atoms with Crippen molar-refractivity contribution in [2.24, 2.45) is 5.92 Å². The molecule has 2 rings (SSSR count). The third-order valence-electron chi connectivity index (χ3n) is 6.63. The topological polar surface area (TPSA) is 50.2 Å². The molecule has 232 valence electrons. The van der Waals surface area contributed by atoms with E-state index in [1.54, 1.807) is 6.92 Å². The summed E-state index contributed by atoms with van der Waals surface area (Å²) < 4.78 is 0. The minimum Gasteiger partial charge on any atom is -0.478 e. The number of nitrogens with zero attached hydrogens (tertiary/aromatic N) is 1. The van der Waals surface area contributed by atoms with Gasteiger partial charge in [0, 0.05) is 11.2 Å². The molecule has 1 atom stereocenters. The van der Waals surface area contributed by atoms with Gasteiger partial charge in [0.1, 0.15) is 0 Å². The summed E-state index contributed by atoms with van der Waals surface area (Å²) >= 11 is 6.16. The zero-order chi connectivity index (χ0) is 31.8. The van der Waals surface area contributed by atoms with E-state index in [1.165, 1.54) is 92.8 Å². The molecule has 0 aliphatic rings. The fraction of sp³-hybridized carbons (Fsp3) is 0.568. The highest BCUT2D eigenvalue weighted by Crippen LogP contribution is 2.30. The minimum absolute atomic E-state index is 0.239. The normalized spacial score (nSPS) is 11.3. The molecule has 1 unspecified atom stereocenters. The molecule has 0 saturated heterocycles. The molecule has 0 radical (unpaired) electrons. The Kier molecular flexibility index (Phi) is 25.2. The lowest BCUT2D eigenvalue weighted by atomic mass is 9.87. The highest BCUT2D eigenvalue weighted by Gasteiger charge is 2.12. The number of hydrogen-bond donors (Lipinski definition) is 1. The van der Waals surface area contributed by atoms with Gasteiger partial charge in [-0.25, -0.2) is 4.79 Å². The molecule has 41 heavy (non-hydrogen) atoms. The summed E-state index contributed by atoms with van der Waals surface area (Å²) in [6, 6.07) is 9.44. The number of hydrogen-bond acceptors (Lipinski definition) is 2. The number of pyridine rings is 1. The molecule has 1 heterocycles. The van der Waals surface area contributed by atoms with E-state index in [4.69, 9.17) is 16.7 Å². The smallest absolute Gasteiger partial charge is 0.335 e. The largest absolute Gasteiger partial charge is 0.478 e. The van der Waals surface area contributed by atoms with Gasteiger partial charge in [0.2, 0.25) is 0 Å². The van der Waals surface area contributed by atoms with E-state index in [1.807, 2.05) is 6.07 Å². The lowest BCUT2D eigenvalue weighted by molar-refractivity contribution is 0.0696. The Bertz CT molecular complexity index is 958. The number of allylic oxidation sites excluding steroid dienone is 3. The van der Waals surface area contributed by atoms with Gasteiger partial charge in [-0.3, -0.25) is 4.98 Å². The first kappa shape index (κ1) is 40.7. The number of halogens is 1. The van der Waals surface area contributed by atoms with Gasteiger partial charge in [0.15, 0.2) is 0 Å². The number of unbranched alkanes of at least 4 members (excludes halogenated alkanes) is 2. The summed E-state index contributed by atoms with van der Waals surface area (Å²) in [4.78, 5) is 14.5. The van der Waals surface area contributed by atoms with Crippen LogP contribution in [0.2, 0.25) is 5.02 Å². The zero-order valence-electron chi connectivity index (χ0n) is 27.9. The average Bonchev–Trinajstić information content (AvgIpc) is 2.94. The second-order valence-electron chi connectivity index (χ2n) is 11.3. The molecule has 1 aromatic heterocycles. The molecule has 0 aliphatic heterocycles.